The highest BCUT2D eigenvalue weighted by Gasteiger charge is 2.15. The summed E-state index contributed by atoms with van der Waals surface area (Å²) in [4.78, 5) is 8.77. The van der Waals surface area contributed by atoms with Gasteiger partial charge in [-0.25, -0.2) is 9.97 Å². The second-order valence-electron chi connectivity index (χ2n) is 4.35. The topological polar surface area (TPSA) is 59.1 Å². The molecule has 1 aliphatic heterocycles. The molecule has 0 radical (unpaired) electrons. The minimum absolute atomic E-state index is 0.434. The number of thioether (sulfide) groups is 1. The van der Waals surface area contributed by atoms with E-state index >= 15 is 0 Å². The highest BCUT2D eigenvalue weighted by atomic mass is 32.2. The average Bonchev–Trinajstić information content (AvgIpc) is 2.89. The van der Waals surface area contributed by atoms with Crippen LogP contribution in [0.3, 0.4) is 0 Å². The van der Waals surface area contributed by atoms with E-state index in [1.54, 1.807) is 7.11 Å². The van der Waals surface area contributed by atoms with Gasteiger partial charge in [0.05, 0.1) is 0 Å². The van der Waals surface area contributed by atoms with E-state index in [1.165, 1.54) is 17.9 Å². The highest BCUT2D eigenvalue weighted by Crippen LogP contribution is 2.23. The molecule has 5 nitrogen and oxygen atoms in total. The summed E-state index contributed by atoms with van der Waals surface area (Å²) in [5.74, 6) is 5.69. The molecule has 0 aromatic carbocycles. The van der Waals surface area contributed by atoms with Crippen molar-refractivity contribution >= 4 is 23.4 Å². The third kappa shape index (κ3) is 3.74. The summed E-state index contributed by atoms with van der Waals surface area (Å²) in [6, 6.07) is 1.93. The Kier molecular flexibility index (Phi) is 5.07. The highest BCUT2D eigenvalue weighted by molar-refractivity contribution is 7.99. The maximum Gasteiger partial charge on any atom is 0.158 e. The molecule has 0 saturated carbocycles. The number of ether oxygens (including phenoxy) is 1. The second-order valence-corrected chi connectivity index (χ2v) is 5.50. The van der Waals surface area contributed by atoms with Crippen molar-refractivity contribution in [3.05, 3.63) is 11.9 Å². The van der Waals surface area contributed by atoms with Gasteiger partial charge in [0, 0.05) is 26.8 Å². The molecular formula is C12H20N4OS. The quantitative estimate of drug-likeness (QED) is 0.821. The molecule has 18 heavy (non-hydrogen) atoms. The standard InChI is InChI=1S/C12H20N4OS/c1-13-10-5-11(16-12(15-10)7-17-2)14-6-9-3-4-18-8-9/h5,9H,3-4,6-8H2,1-2H3,(H2,13,14,15,16). The van der Waals surface area contributed by atoms with E-state index in [2.05, 4.69) is 20.6 Å². The van der Waals surface area contributed by atoms with E-state index in [0.717, 1.165) is 24.1 Å². The molecule has 1 atom stereocenters. The summed E-state index contributed by atoms with van der Waals surface area (Å²) in [5, 5.41) is 6.44. The lowest BCUT2D eigenvalue weighted by atomic mass is 10.1. The van der Waals surface area contributed by atoms with Crippen LogP contribution in [-0.4, -0.2) is 42.2 Å². The van der Waals surface area contributed by atoms with Gasteiger partial charge < -0.3 is 15.4 Å². The molecule has 0 bridgehead atoms. The Morgan fingerprint density at radius 3 is 2.94 bits per heavy atom. The Balaban J connectivity index is 1.98. The number of hydrogen-bond donors (Lipinski definition) is 2. The number of methoxy groups -OCH3 is 1. The zero-order chi connectivity index (χ0) is 12.8. The van der Waals surface area contributed by atoms with Crippen LogP contribution in [0.15, 0.2) is 6.07 Å². The van der Waals surface area contributed by atoms with Gasteiger partial charge in [-0.15, -0.1) is 0 Å². The molecule has 2 N–H and O–H groups in total. The first-order chi connectivity index (χ1) is 8.81. The Bertz CT molecular complexity index is 382. The van der Waals surface area contributed by atoms with Crippen LogP contribution in [0.2, 0.25) is 0 Å². The number of rotatable bonds is 6. The zero-order valence-electron chi connectivity index (χ0n) is 10.9. The van der Waals surface area contributed by atoms with Gasteiger partial charge in [-0.1, -0.05) is 0 Å². The van der Waals surface area contributed by atoms with Crippen molar-refractivity contribution in [3.8, 4) is 0 Å². The average molecular weight is 268 g/mol. The van der Waals surface area contributed by atoms with Crippen molar-refractivity contribution < 1.29 is 4.74 Å². The molecule has 0 aliphatic carbocycles. The molecule has 1 unspecified atom stereocenters. The summed E-state index contributed by atoms with van der Waals surface area (Å²) < 4.78 is 5.08. The molecular weight excluding hydrogens is 248 g/mol. The van der Waals surface area contributed by atoms with Crippen molar-refractivity contribution in [2.45, 2.75) is 13.0 Å². The predicted molar refractivity (Wildman–Crippen MR) is 76.2 cm³/mol. The van der Waals surface area contributed by atoms with E-state index in [1.807, 2.05) is 24.9 Å². The molecule has 2 heterocycles. The normalized spacial score (nSPS) is 18.9. The van der Waals surface area contributed by atoms with Crippen molar-refractivity contribution in [3.63, 3.8) is 0 Å². The summed E-state index contributed by atoms with van der Waals surface area (Å²) in [7, 11) is 3.51. The van der Waals surface area contributed by atoms with E-state index < -0.39 is 0 Å². The fourth-order valence-corrected chi connectivity index (χ4v) is 3.19. The maximum absolute atomic E-state index is 5.08. The molecule has 2 rings (SSSR count). The lowest BCUT2D eigenvalue weighted by molar-refractivity contribution is 0.178. The van der Waals surface area contributed by atoms with Crippen LogP contribution < -0.4 is 10.6 Å². The van der Waals surface area contributed by atoms with E-state index in [-0.39, 0.29) is 0 Å². The van der Waals surface area contributed by atoms with Crippen LogP contribution in [0.4, 0.5) is 11.6 Å². The first kappa shape index (κ1) is 13.4. The van der Waals surface area contributed by atoms with Crippen LogP contribution in [0.5, 0.6) is 0 Å². The number of hydrogen-bond acceptors (Lipinski definition) is 6. The minimum atomic E-state index is 0.434. The van der Waals surface area contributed by atoms with Crippen LogP contribution >= 0.6 is 11.8 Å². The van der Waals surface area contributed by atoms with Gasteiger partial charge >= 0.3 is 0 Å². The molecule has 1 aliphatic rings. The number of anilines is 2. The van der Waals surface area contributed by atoms with Crippen molar-refractivity contribution in [1.82, 2.24) is 9.97 Å². The van der Waals surface area contributed by atoms with Gasteiger partial charge in [-0.05, 0) is 23.8 Å². The molecule has 100 valence electrons. The number of aromatic nitrogens is 2. The molecule has 1 saturated heterocycles. The van der Waals surface area contributed by atoms with Crippen molar-refractivity contribution in [2.75, 3.05) is 42.8 Å². The fraction of sp³-hybridized carbons (Fsp3) is 0.667. The van der Waals surface area contributed by atoms with E-state index in [9.17, 15) is 0 Å². The Labute approximate surface area is 112 Å². The lowest BCUT2D eigenvalue weighted by Gasteiger charge is -2.12. The van der Waals surface area contributed by atoms with Gasteiger partial charge in [-0.2, -0.15) is 11.8 Å². The maximum atomic E-state index is 5.08. The molecule has 6 heteroatoms. The molecule has 1 aromatic heterocycles. The van der Waals surface area contributed by atoms with E-state index in [0.29, 0.717) is 12.4 Å². The third-order valence-corrected chi connectivity index (χ3v) is 4.13. The molecule has 1 aromatic rings. The van der Waals surface area contributed by atoms with Crippen LogP contribution in [0, 0.1) is 5.92 Å². The van der Waals surface area contributed by atoms with Gasteiger partial charge in [0.15, 0.2) is 5.82 Å². The SMILES string of the molecule is CNc1cc(NCC2CCSC2)nc(COC)n1. The Morgan fingerprint density at radius 2 is 2.28 bits per heavy atom. The zero-order valence-corrected chi connectivity index (χ0v) is 11.7. The summed E-state index contributed by atoms with van der Waals surface area (Å²) in [6.45, 7) is 1.42. The first-order valence-electron chi connectivity index (χ1n) is 6.18. The predicted octanol–water partition coefficient (Wildman–Crippen LogP) is 1.83. The van der Waals surface area contributed by atoms with Crippen LogP contribution in [-0.2, 0) is 11.3 Å². The van der Waals surface area contributed by atoms with Crippen molar-refractivity contribution in [2.24, 2.45) is 5.92 Å². The number of nitrogens with one attached hydrogen (secondary N) is 2. The van der Waals surface area contributed by atoms with Gasteiger partial charge in [0.2, 0.25) is 0 Å². The smallest absolute Gasteiger partial charge is 0.158 e. The lowest BCUT2D eigenvalue weighted by Crippen LogP contribution is -2.15. The molecule has 0 spiro atoms. The molecule has 0 amide bonds. The third-order valence-electron chi connectivity index (χ3n) is 2.90. The second kappa shape index (κ2) is 6.80. The summed E-state index contributed by atoms with van der Waals surface area (Å²) in [6.07, 6.45) is 1.30. The summed E-state index contributed by atoms with van der Waals surface area (Å²) >= 11 is 2.03. The van der Waals surface area contributed by atoms with Gasteiger partial charge in [-0.3, -0.25) is 0 Å². The first-order valence-corrected chi connectivity index (χ1v) is 7.33. The minimum Gasteiger partial charge on any atom is -0.377 e. The largest absolute Gasteiger partial charge is 0.377 e. The van der Waals surface area contributed by atoms with Gasteiger partial charge in [0.1, 0.15) is 18.2 Å². The van der Waals surface area contributed by atoms with E-state index in [4.69, 9.17) is 4.74 Å². The van der Waals surface area contributed by atoms with Crippen LogP contribution in [0.25, 0.3) is 0 Å². The Morgan fingerprint density at radius 1 is 1.44 bits per heavy atom. The van der Waals surface area contributed by atoms with Gasteiger partial charge in [0.25, 0.3) is 0 Å². The van der Waals surface area contributed by atoms with Crippen molar-refractivity contribution in [1.29, 1.82) is 0 Å². The number of nitrogens with zero attached hydrogens (tertiary/aromatic N) is 2. The summed E-state index contributed by atoms with van der Waals surface area (Å²) in [5.41, 5.74) is 0. The van der Waals surface area contributed by atoms with Crippen LogP contribution in [0.1, 0.15) is 12.2 Å². The fourth-order valence-electron chi connectivity index (χ4n) is 1.90. The Hall–Kier alpha value is -1.01. The monoisotopic (exact) mass is 268 g/mol. The molecule has 1 fully saturated rings.